The number of fused-ring (bicyclic) bond motifs is 1. The van der Waals surface area contributed by atoms with Crippen LogP contribution in [0.5, 0.6) is 0 Å². The average Bonchev–Trinajstić information content (AvgIpc) is 3.00. The molecular weight excluding hydrogens is 326 g/mol. The van der Waals surface area contributed by atoms with E-state index in [1.807, 2.05) is 43.6 Å². The van der Waals surface area contributed by atoms with Gasteiger partial charge in [-0.2, -0.15) is 15.1 Å². The summed E-state index contributed by atoms with van der Waals surface area (Å²) in [6, 6.07) is 9.93. The number of aromatic nitrogens is 4. The number of hydrogen-bond acceptors (Lipinski definition) is 6. The highest BCUT2D eigenvalue weighted by molar-refractivity contribution is 5.87. The summed E-state index contributed by atoms with van der Waals surface area (Å²) < 4.78 is 1.77. The second kappa shape index (κ2) is 7.29. The van der Waals surface area contributed by atoms with Crippen molar-refractivity contribution in [3.8, 4) is 0 Å². The van der Waals surface area contributed by atoms with Crippen molar-refractivity contribution < 1.29 is 0 Å². The fraction of sp³-hybridized carbons (Fsp3) is 0.421. The highest BCUT2D eigenvalue weighted by Crippen LogP contribution is 2.28. The van der Waals surface area contributed by atoms with Crippen LogP contribution in [0.15, 0.2) is 36.5 Å². The number of aryl methyl sites for hydroxylation is 1. The van der Waals surface area contributed by atoms with E-state index in [2.05, 4.69) is 25.7 Å². The quantitative estimate of drug-likeness (QED) is 0.606. The Balaban J connectivity index is 1.51. The Morgan fingerprint density at radius 2 is 2.00 bits per heavy atom. The summed E-state index contributed by atoms with van der Waals surface area (Å²) in [5.41, 5.74) is 8.18. The second-order valence-electron chi connectivity index (χ2n) is 6.98. The van der Waals surface area contributed by atoms with Gasteiger partial charge < -0.3 is 16.4 Å². The molecule has 1 aliphatic rings. The maximum absolute atomic E-state index is 6.28. The molecule has 4 rings (SSSR count). The van der Waals surface area contributed by atoms with Crippen molar-refractivity contribution in [3.05, 3.63) is 42.1 Å². The van der Waals surface area contributed by atoms with Crippen molar-refractivity contribution in [3.63, 3.8) is 0 Å². The normalized spacial score (nSPS) is 15.6. The predicted molar refractivity (Wildman–Crippen MR) is 104 cm³/mol. The van der Waals surface area contributed by atoms with Crippen LogP contribution in [0.1, 0.15) is 30.9 Å². The molecular formula is C19H25N7. The molecule has 1 atom stereocenters. The number of nitrogens with one attached hydrogen (secondary N) is 2. The largest absolute Gasteiger partial charge is 0.369 e. The van der Waals surface area contributed by atoms with Gasteiger partial charge >= 0.3 is 0 Å². The number of anilines is 2. The third kappa shape index (κ3) is 3.48. The van der Waals surface area contributed by atoms with Crippen LogP contribution in [0, 0.1) is 5.92 Å². The van der Waals surface area contributed by atoms with Crippen LogP contribution < -0.4 is 16.4 Å². The monoisotopic (exact) mass is 351 g/mol. The molecule has 1 saturated carbocycles. The molecule has 2 aromatic heterocycles. The van der Waals surface area contributed by atoms with Crippen molar-refractivity contribution in [2.24, 2.45) is 18.7 Å². The van der Waals surface area contributed by atoms with Crippen LogP contribution in [0.2, 0.25) is 0 Å². The number of benzene rings is 1. The van der Waals surface area contributed by atoms with Gasteiger partial charge in [-0.05, 0) is 24.3 Å². The van der Waals surface area contributed by atoms with E-state index in [4.69, 9.17) is 5.73 Å². The fourth-order valence-electron chi connectivity index (χ4n) is 3.19. The topological polar surface area (TPSA) is 93.7 Å². The Morgan fingerprint density at radius 1 is 1.19 bits per heavy atom. The van der Waals surface area contributed by atoms with Crippen LogP contribution in [0.3, 0.4) is 0 Å². The Labute approximate surface area is 153 Å². The SMILES string of the molecule is Cn1ncc2c(NCC3CCC3)nc(NCC(N)c3ccccc3)nc21. The van der Waals surface area contributed by atoms with Crippen molar-refractivity contribution in [2.45, 2.75) is 25.3 Å². The zero-order chi connectivity index (χ0) is 17.9. The van der Waals surface area contributed by atoms with Crippen LogP contribution >= 0.6 is 0 Å². The van der Waals surface area contributed by atoms with Crippen LogP contribution in [0.25, 0.3) is 11.0 Å². The molecule has 0 amide bonds. The number of nitrogens with zero attached hydrogens (tertiary/aromatic N) is 4. The zero-order valence-electron chi connectivity index (χ0n) is 15.0. The van der Waals surface area contributed by atoms with Crippen molar-refractivity contribution in [1.82, 2.24) is 19.7 Å². The summed E-state index contributed by atoms with van der Waals surface area (Å²) in [6.07, 6.45) is 5.75. The highest BCUT2D eigenvalue weighted by atomic mass is 15.3. The first kappa shape index (κ1) is 16.8. The van der Waals surface area contributed by atoms with E-state index < -0.39 is 0 Å². The van der Waals surface area contributed by atoms with Crippen LogP contribution in [-0.4, -0.2) is 32.8 Å². The van der Waals surface area contributed by atoms with Crippen LogP contribution in [0.4, 0.5) is 11.8 Å². The fourth-order valence-corrected chi connectivity index (χ4v) is 3.19. The molecule has 1 fully saturated rings. The molecule has 0 radical (unpaired) electrons. The third-order valence-corrected chi connectivity index (χ3v) is 5.08. The molecule has 3 aromatic rings. The first-order valence-electron chi connectivity index (χ1n) is 9.18. The third-order valence-electron chi connectivity index (χ3n) is 5.08. The minimum atomic E-state index is -0.117. The Hall–Kier alpha value is -2.67. The van der Waals surface area contributed by atoms with Gasteiger partial charge in [-0.3, -0.25) is 4.68 Å². The molecule has 26 heavy (non-hydrogen) atoms. The molecule has 7 nitrogen and oxygen atoms in total. The molecule has 7 heteroatoms. The van der Waals surface area contributed by atoms with E-state index in [0.29, 0.717) is 12.5 Å². The maximum atomic E-state index is 6.28. The number of rotatable bonds is 7. The van der Waals surface area contributed by atoms with E-state index in [-0.39, 0.29) is 6.04 Å². The van der Waals surface area contributed by atoms with E-state index in [1.165, 1.54) is 19.3 Å². The van der Waals surface area contributed by atoms with Gasteiger partial charge in [0, 0.05) is 26.2 Å². The smallest absolute Gasteiger partial charge is 0.226 e. The summed E-state index contributed by atoms with van der Waals surface area (Å²) in [6.45, 7) is 1.51. The van der Waals surface area contributed by atoms with Crippen molar-refractivity contribution >= 4 is 22.8 Å². The molecule has 1 unspecified atom stereocenters. The van der Waals surface area contributed by atoms with E-state index in [1.54, 1.807) is 4.68 Å². The first-order valence-corrected chi connectivity index (χ1v) is 9.18. The molecule has 0 bridgehead atoms. The van der Waals surface area contributed by atoms with Gasteiger partial charge in [0.05, 0.1) is 11.6 Å². The lowest BCUT2D eigenvalue weighted by atomic mass is 9.85. The maximum Gasteiger partial charge on any atom is 0.226 e. The Kier molecular flexibility index (Phi) is 4.71. The lowest BCUT2D eigenvalue weighted by molar-refractivity contribution is 0.333. The Morgan fingerprint density at radius 3 is 2.73 bits per heavy atom. The molecule has 1 aromatic carbocycles. The summed E-state index contributed by atoms with van der Waals surface area (Å²) >= 11 is 0. The molecule has 0 saturated heterocycles. The van der Waals surface area contributed by atoms with E-state index in [9.17, 15) is 0 Å². The lowest BCUT2D eigenvalue weighted by Gasteiger charge is -2.25. The van der Waals surface area contributed by atoms with Gasteiger partial charge in [-0.15, -0.1) is 0 Å². The lowest BCUT2D eigenvalue weighted by Crippen LogP contribution is -2.23. The van der Waals surface area contributed by atoms with Gasteiger partial charge in [0.25, 0.3) is 0 Å². The van der Waals surface area contributed by atoms with Gasteiger partial charge in [-0.25, -0.2) is 0 Å². The number of hydrogen-bond donors (Lipinski definition) is 3. The van der Waals surface area contributed by atoms with E-state index >= 15 is 0 Å². The van der Waals surface area contributed by atoms with Gasteiger partial charge in [-0.1, -0.05) is 36.8 Å². The average molecular weight is 351 g/mol. The summed E-state index contributed by atoms with van der Waals surface area (Å²) in [7, 11) is 1.89. The summed E-state index contributed by atoms with van der Waals surface area (Å²) in [4.78, 5) is 9.27. The van der Waals surface area contributed by atoms with Gasteiger partial charge in [0.2, 0.25) is 5.95 Å². The minimum absolute atomic E-state index is 0.117. The molecule has 1 aliphatic carbocycles. The van der Waals surface area contributed by atoms with Gasteiger partial charge in [0.1, 0.15) is 5.82 Å². The standard InChI is InChI=1S/C19H25N7/c1-26-18-15(11-23-26)17(21-10-13-6-5-7-13)24-19(25-18)22-12-16(20)14-8-3-2-4-9-14/h2-4,8-9,11,13,16H,5-7,10,12,20H2,1H3,(H2,21,22,24,25). The molecule has 0 aliphatic heterocycles. The predicted octanol–water partition coefficient (Wildman–Crippen LogP) is 2.69. The molecule has 2 heterocycles. The van der Waals surface area contributed by atoms with Crippen molar-refractivity contribution in [2.75, 3.05) is 23.7 Å². The Bertz CT molecular complexity index is 870. The zero-order valence-corrected chi connectivity index (χ0v) is 15.0. The molecule has 4 N–H and O–H groups in total. The minimum Gasteiger partial charge on any atom is -0.369 e. The molecule has 136 valence electrons. The second-order valence-corrected chi connectivity index (χ2v) is 6.98. The van der Waals surface area contributed by atoms with Gasteiger partial charge in [0.15, 0.2) is 5.65 Å². The number of nitrogens with two attached hydrogens (primary N) is 1. The van der Waals surface area contributed by atoms with E-state index in [0.717, 1.165) is 34.9 Å². The van der Waals surface area contributed by atoms with Crippen molar-refractivity contribution in [1.29, 1.82) is 0 Å². The first-order chi connectivity index (χ1) is 12.7. The highest BCUT2D eigenvalue weighted by Gasteiger charge is 2.19. The molecule has 0 spiro atoms. The summed E-state index contributed by atoms with van der Waals surface area (Å²) in [5, 5.41) is 12.0. The van der Waals surface area contributed by atoms with Crippen LogP contribution in [-0.2, 0) is 7.05 Å². The summed E-state index contributed by atoms with van der Waals surface area (Å²) in [5.74, 6) is 2.16.